The van der Waals surface area contributed by atoms with E-state index >= 15 is 0 Å². The molecule has 0 spiro atoms. The van der Waals surface area contributed by atoms with E-state index in [1.54, 1.807) is 6.20 Å². The predicted octanol–water partition coefficient (Wildman–Crippen LogP) is -0.573. The van der Waals surface area contributed by atoms with Crippen molar-refractivity contribution in [2.75, 3.05) is 38.1 Å². The van der Waals surface area contributed by atoms with Crippen LogP contribution < -0.4 is 10.6 Å². The molecule has 90 valence electrons. The summed E-state index contributed by atoms with van der Waals surface area (Å²) in [5.41, 5.74) is 6.16. The molecule has 17 heavy (non-hydrogen) atoms. The molecule has 1 atom stereocenters. The smallest absolute Gasteiger partial charge is 0.183 e. The van der Waals surface area contributed by atoms with Gasteiger partial charge in [-0.2, -0.15) is 5.26 Å². The van der Waals surface area contributed by atoms with Crippen LogP contribution in [0.4, 0.5) is 5.82 Å². The molecule has 1 saturated heterocycles. The van der Waals surface area contributed by atoms with Gasteiger partial charge in [-0.25, -0.2) is 9.97 Å². The lowest BCUT2D eigenvalue weighted by Crippen LogP contribution is -2.55. The highest BCUT2D eigenvalue weighted by Gasteiger charge is 2.27. The SMILES string of the molecule is CN1CCN(c2nccnc2C#N)C(CN)C1. The van der Waals surface area contributed by atoms with Crippen LogP contribution >= 0.6 is 0 Å². The molecule has 0 aromatic carbocycles. The second-order valence-corrected chi connectivity index (χ2v) is 4.19. The largest absolute Gasteiger partial charge is 0.347 e. The van der Waals surface area contributed by atoms with Gasteiger partial charge >= 0.3 is 0 Å². The molecule has 0 saturated carbocycles. The van der Waals surface area contributed by atoms with Crippen LogP contribution in [0.1, 0.15) is 5.69 Å². The van der Waals surface area contributed by atoms with Crippen LogP contribution in [0.3, 0.4) is 0 Å². The Morgan fingerprint density at radius 3 is 2.94 bits per heavy atom. The number of nitrogens with two attached hydrogens (primary N) is 1. The Balaban J connectivity index is 2.29. The molecule has 0 amide bonds. The topological polar surface area (TPSA) is 82.1 Å². The minimum absolute atomic E-state index is 0.192. The van der Waals surface area contributed by atoms with Crippen LogP contribution in [0.2, 0.25) is 0 Å². The maximum Gasteiger partial charge on any atom is 0.183 e. The lowest BCUT2D eigenvalue weighted by atomic mass is 10.1. The normalized spacial score (nSPS) is 21.2. The summed E-state index contributed by atoms with van der Waals surface area (Å²) in [5, 5.41) is 9.04. The number of rotatable bonds is 2. The average Bonchev–Trinajstić information content (AvgIpc) is 2.38. The van der Waals surface area contributed by atoms with E-state index in [4.69, 9.17) is 11.0 Å². The summed E-state index contributed by atoms with van der Waals surface area (Å²) < 4.78 is 0. The van der Waals surface area contributed by atoms with Gasteiger partial charge in [0.2, 0.25) is 0 Å². The molecule has 1 unspecified atom stereocenters. The van der Waals surface area contributed by atoms with Crippen molar-refractivity contribution in [1.29, 1.82) is 5.26 Å². The molecule has 0 aliphatic carbocycles. The summed E-state index contributed by atoms with van der Waals surface area (Å²) in [4.78, 5) is 12.6. The van der Waals surface area contributed by atoms with Gasteiger partial charge in [0.1, 0.15) is 6.07 Å². The summed E-state index contributed by atoms with van der Waals surface area (Å²) >= 11 is 0. The van der Waals surface area contributed by atoms with Gasteiger partial charge in [0.15, 0.2) is 11.5 Å². The summed E-state index contributed by atoms with van der Waals surface area (Å²) in [6.07, 6.45) is 3.15. The molecule has 0 radical (unpaired) electrons. The molecule has 6 heteroatoms. The fourth-order valence-corrected chi connectivity index (χ4v) is 2.11. The van der Waals surface area contributed by atoms with Gasteiger partial charge in [0, 0.05) is 38.6 Å². The lowest BCUT2D eigenvalue weighted by molar-refractivity contribution is 0.268. The third-order valence-corrected chi connectivity index (χ3v) is 3.01. The fourth-order valence-electron chi connectivity index (χ4n) is 2.11. The molecule has 2 N–H and O–H groups in total. The van der Waals surface area contributed by atoms with Crippen LogP contribution in [0.15, 0.2) is 12.4 Å². The Labute approximate surface area is 101 Å². The number of piperazine rings is 1. The van der Waals surface area contributed by atoms with Crippen molar-refractivity contribution in [3.8, 4) is 6.07 Å². The number of nitrogens with zero attached hydrogens (tertiary/aromatic N) is 5. The van der Waals surface area contributed by atoms with E-state index in [9.17, 15) is 0 Å². The van der Waals surface area contributed by atoms with Crippen molar-refractivity contribution in [2.24, 2.45) is 5.73 Å². The van der Waals surface area contributed by atoms with Gasteiger partial charge in [-0.3, -0.25) is 0 Å². The molecule has 1 aromatic rings. The summed E-state index contributed by atoms with van der Waals surface area (Å²) in [6.45, 7) is 3.20. The van der Waals surface area contributed by atoms with Crippen LogP contribution in [0.5, 0.6) is 0 Å². The number of likely N-dealkylation sites (N-methyl/N-ethyl adjacent to an activating group) is 1. The maximum absolute atomic E-state index is 9.04. The number of nitriles is 1. The number of hydrogen-bond donors (Lipinski definition) is 1. The van der Waals surface area contributed by atoms with Gasteiger partial charge in [0.25, 0.3) is 0 Å². The number of hydrogen-bond acceptors (Lipinski definition) is 6. The molecule has 2 rings (SSSR count). The first-order chi connectivity index (χ1) is 8.26. The molecule has 6 nitrogen and oxygen atoms in total. The van der Waals surface area contributed by atoms with E-state index in [0.29, 0.717) is 18.1 Å². The predicted molar refractivity (Wildman–Crippen MR) is 64.4 cm³/mol. The maximum atomic E-state index is 9.04. The van der Waals surface area contributed by atoms with Crippen molar-refractivity contribution in [3.63, 3.8) is 0 Å². The minimum Gasteiger partial charge on any atom is -0.347 e. The van der Waals surface area contributed by atoms with Crippen molar-refractivity contribution < 1.29 is 0 Å². The molecule has 1 fully saturated rings. The quantitative estimate of drug-likeness (QED) is 0.735. The summed E-state index contributed by atoms with van der Waals surface area (Å²) in [7, 11) is 2.07. The highest BCUT2D eigenvalue weighted by molar-refractivity contribution is 5.50. The molecule has 2 heterocycles. The number of anilines is 1. The highest BCUT2D eigenvalue weighted by Crippen LogP contribution is 2.19. The summed E-state index contributed by atoms with van der Waals surface area (Å²) in [5.74, 6) is 0.651. The van der Waals surface area contributed by atoms with Crippen molar-refractivity contribution in [1.82, 2.24) is 14.9 Å². The van der Waals surface area contributed by atoms with Crippen LogP contribution in [-0.2, 0) is 0 Å². The first-order valence-electron chi connectivity index (χ1n) is 5.62. The van der Waals surface area contributed by atoms with E-state index in [0.717, 1.165) is 19.6 Å². The van der Waals surface area contributed by atoms with Crippen LogP contribution in [0, 0.1) is 11.3 Å². The third-order valence-electron chi connectivity index (χ3n) is 3.01. The Kier molecular flexibility index (Phi) is 3.52. The van der Waals surface area contributed by atoms with Gasteiger partial charge in [0.05, 0.1) is 6.04 Å². The molecular formula is C11H16N6. The molecule has 1 aliphatic rings. The molecular weight excluding hydrogens is 216 g/mol. The molecule has 1 aliphatic heterocycles. The van der Waals surface area contributed by atoms with Crippen molar-refractivity contribution in [3.05, 3.63) is 18.1 Å². The Bertz CT molecular complexity index is 426. The Hall–Kier alpha value is -1.71. The van der Waals surface area contributed by atoms with Gasteiger partial charge in [-0.15, -0.1) is 0 Å². The monoisotopic (exact) mass is 232 g/mol. The number of aromatic nitrogens is 2. The van der Waals surface area contributed by atoms with Crippen molar-refractivity contribution in [2.45, 2.75) is 6.04 Å². The Morgan fingerprint density at radius 2 is 2.24 bits per heavy atom. The molecule has 1 aromatic heterocycles. The first kappa shape index (κ1) is 11.8. The second kappa shape index (κ2) is 5.08. The van der Waals surface area contributed by atoms with Crippen LogP contribution in [-0.4, -0.2) is 54.1 Å². The highest BCUT2D eigenvalue weighted by atomic mass is 15.3. The zero-order valence-electron chi connectivity index (χ0n) is 9.87. The first-order valence-corrected chi connectivity index (χ1v) is 5.62. The van der Waals surface area contributed by atoms with E-state index < -0.39 is 0 Å². The summed E-state index contributed by atoms with van der Waals surface area (Å²) in [6, 6.07) is 2.27. The van der Waals surface area contributed by atoms with Crippen molar-refractivity contribution >= 4 is 5.82 Å². The minimum atomic E-state index is 0.192. The lowest BCUT2D eigenvalue weighted by Gasteiger charge is -2.40. The average molecular weight is 232 g/mol. The molecule has 0 bridgehead atoms. The van der Waals surface area contributed by atoms with E-state index in [2.05, 4.69) is 32.9 Å². The van der Waals surface area contributed by atoms with Crippen LogP contribution in [0.25, 0.3) is 0 Å². The fraction of sp³-hybridized carbons (Fsp3) is 0.545. The third kappa shape index (κ3) is 2.35. The van der Waals surface area contributed by atoms with E-state index in [-0.39, 0.29) is 6.04 Å². The van der Waals surface area contributed by atoms with E-state index in [1.807, 2.05) is 0 Å². The zero-order valence-corrected chi connectivity index (χ0v) is 9.87. The van der Waals surface area contributed by atoms with Gasteiger partial charge in [-0.1, -0.05) is 0 Å². The Morgan fingerprint density at radius 1 is 1.47 bits per heavy atom. The zero-order chi connectivity index (χ0) is 12.3. The van der Waals surface area contributed by atoms with Gasteiger partial charge < -0.3 is 15.5 Å². The second-order valence-electron chi connectivity index (χ2n) is 4.19. The van der Waals surface area contributed by atoms with Gasteiger partial charge in [-0.05, 0) is 7.05 Å². The standard InChI is InChI=1S/C11H16N6/c1-16-4-5-17(9(6-12)8-16)11-10(7-13)14-2-3-15-11/h2-3,9H,4-6,8,12H2,1H3. The van der Waals surface area contributed by atoms with E-state index in [1.165, 1.54) is 6.20 Å².